The zero-order valence-electron chi connectivity index (χ0n) is 11.0. The Morgan fingerprint density at radius 3 is 2.53 bits per heavy atom. The zero-order chi connectivity index (χ0) is 11.9. The van der Waals surface area contributed by atoms with Crippen molar-refractivity contribution in [2.24, 2.45) is 5.92 Å². The minimum absolute atomic E-state index is 0.708. The fraction of sp³-hybridized carbons (Fsp3) is 0.625. The second-order valence-electron chi connectivity index (χ2n) is 5.30. The van der Waals surface area contributed by atoms with Crippen LogP contribution in [0.15, 0.2) is 30.3 Å². The van der Waals surface area contributed by atoms with Crippen molar-refractivity contribution in [2.45, 2.75) is 44.9 Å². The van der Waals surface area contributed by atoms with Crippen LogP contribution in [-0.4, -0.2) is 13.1 Å². The lowest BCUT2D eigenvalue weighted by Crippen LogP contribution is -2.22. The molecule has 0 radical (unpaired) electrons. The van der Waals surface area contributed by atoms with Crippen molar-refractivity contribution < 1.29 is 0 Å². The molecule has 0 bridgehead atoms. The first-order valence-corrected chi connectivity index (χ1v) is 7.15. The molecule has 1 aliphatic carbocycles. The van der Waals surface area contributed by atoms with Crippen molar-refractivity contribution in [1.82, 2.24) is 5.32 Å². The molecule has 1 fully saturated rings. The maximum atomic E-state index is 3.52. The minimum atomic E-state index is 0.708. The number of rotatable bonds is 6. The third-order valence-electron chi connectivity index (χ3n) is 4.00. The van der Waals surface area contributed by atoms with Gasteiger partial charge < -0.3 is 5.32 Å². The molecule has 1 aromatic rings. The van der Waals surface area contributed by atoms with Crippen molar-refractivity contribution >= 4 is 0 Å². The fourth-order valence-electron chi connectivity index (χ4n) is 3.03. The van der Waals surface area contributed by atoms with Crippen LogP contribution in [0.5, 0.6) is 0 Å². The van der Waals surface area contributed by atoms with E-state index in [-0.39, 0.29) is 0 Å². The zero-order valence-corrected chi connectivity index (χ0v) is 11.0. The monoisotopic (exact) mass is 231 g/mol. The third-order valence-corrected chi connectivity index (χ3v) is 4.00. The molecule has 0 saturated heterocycles. The molecule has 1 N–H and O–H groups in total. The first-order valence-electron chi connectivity index (χ1n) is 7.15. The number of likely N-dealkylation sites (N-methyl/N-ethyl adjacent to an activating group) is 1. The average Bonchev–Trinajstić information content (AvgIpc) is 2.88. The van der Waals surface area contributed by atoms with Crippen molar-refractivity contribution in [3.05, 3.63) is 35.9 Å². The number of nitrogens with one attached hydrogen (secondary N) is 1. The molecule has 1 heteroatoms. The van der Waals surface area contributed by atoms with E-state index in [1.54, 1.807) is 0 Å². The predicted molar refractivity (Wildman–Crippen MR) is 74.3 cm³/mol. The Bertz CT molecular complexity index is 301. The average molecular weight is 231 g/mol. The van der Waals surface area contributed by atoms with Crippen LogP contribution in [0.2, 0.25) is 0 Å². The first kappa shape index (κ1) is 12.6. The number of hydrogen-bond acceptors (Lipinski definition) is 1. The van der Waals surface area contributed by atoms with E-state index in [1.165, 1.54) is 37.7 Å². The molecule has 1 saturated carbocycles. The van der Waals surface area contributed by atoms with E-state index in [0.717, 1.165) is 19.0 Å². The van der Waals surface area contributed by atoms with Gasteiger partial charge in [0.1, 0.15) is 0 Å². The Kier molecular flexibility index (Phi) is 5.06. The molecular weight excluding hydrogens is 206 g/mol. The lowest BCUT2D eigenvalue weighted by atomic mass is 9.88. The van der Waals surface area contributed by atoms with Gasteiger partial charge >= 0.3 is 0 Å². The summed E-state index contributed by atoms with van der Waals surface area (Å²) in [6.45, 7) is 4.41. The third kappa shape index (κ3) is 3.85. The van der Waals surface area contributed by atoms with E-state index in [4.69, 9.17) is 0 Å². The summed E-state index contributed by atoms with van der Waals surface area (Å²) in [5, 5.41) is 3.52. The maximum Gasteiger partial charge on any atom is 0.00201 e. The highest BCUT2D eigenvalue weighted by molar-refractivity contribution is 5.20. The molecule has 17 heavy (non-hydrogen) atoms. The quantitative estimate of drug-likeness (QED) is 0.781. The number of hydrogen-bond donors (Lipinski definition) is 1. The van der Waals surface area contributed by atoms with Gasteiger partial charge in [0, 0.05) is 6.54 Å². The second kappa shape index (κ2) is 6.80. The van der Waals surface area contributed by atoms with Crippen LogP contribution in [0.25, 0.3) is 0 Å². The summed E-state index contributed by atoms with van der Waals surface area (Å²) < 4.78 is 0. The van der Waals surface area contributed by atoms with Crippen molar-refractivity contribution in [3.8, 4) is 0 Å². The van der Waals surface area contributed by atoms with Gasteiger partial charge in [-0.15, -0.1) is 0 Å². The smallest absolute Gasteiger partial charge is 0.00201 e. The molecular formula is C16H25N. The summed E-state index contributed by atoms with van der Waals surface area (Å²) >= 11 is 0. The molecule has 1 nitrogen and oxygen atoms in total. The van der Waals surface area contributed by atoms with Gasteiger partial charge in [-0.3, -0.25) is 0 Å². The molecule has 1 unspecified atom stereocenters. The van der Waals surface area contributed by atoms with Crippen LogP contribution in [0, 0.1) is 5.92 Å². The van der Waals surface area contributed by atoms with Gasteiger partial charge in [-0.1, -0.05) is 62.9 Å². The molecule has 94 valence electrons. The highest BCUT2D eigenvalue weighted by Gasteiger charge is 2.20. The molecule has 0 spiro atoms. The lowest BCUT2D eigenvalue weighted by Gasteiger charge is -2.21. The van der Waals surface area contributed by atoms with Crippen LogP contribution in [0.3, 0.4) is 0 Å². The molecule has 0 aliphatic heterocycles. The van der Waals surface area contributed by atoms with Gasteiger partial charge in [0.15, 0.2) is 0 Å². The van der Waals surface area contributed by atoms with Gasteiger partial charge in [-0.25, -0.2) is 0 Å². The van der Waals surface area contributed by atoms with E-state index < -0.39 is 0 Å². The summed E-state index contributed by atoms with van der Waals surface area (Å²) in [5.41, 5.74) is 1.51. The predicted octanol–water partition coefficient (Wildman–Crippen LogP) is 3.96. The van der Waals surface area contributed by atoms with E-state index in [0.29, 0.717) is 5.92 Å². The molecule has 2 rings (SSSR count). The summed E-state index contributed by atoms with van der Waals surface area (Å²) in [6, 6.07) is 11.0. The Hall–Kier alpha value is -0.820. The highest BCUT2D eigenvalue weighted by Crippen LogP contribution is 2.33. The van der Waals surface area contributed by atoms with Crippen molar-refractivity contribution in [3.63, 3.8) is 0 Å². The molecule has 1 aromatic carbocycles. The second-order valence-corrected chi connectivity index (χ2v) is 5.30. The van der Waals surface area contributed by atoms with Crippen LogP contribution in [-0.2, 0) is 0 Å². The summed E-state index contributed by atoms with van der Waals surface area (Å²) in [5.74, 6) is 1.68. The van der Waals surface area contributed by atoms with E-state index >= 15 is 0 Å². The Morgan fingerprint density at radius 2 is 1.88 bits per heavy atom. The summed E-state index contributed by atoms with van der Waals surface area (Å²) in [4.78, 5) is 0. The van der Waals surface area contributed by atoms with Crippen molar-refractivity contribution in [1.29, 1.82) is 0 Å². The van der Waals surface area contributed by atoms with Gasteiger partial charge in [-0.05, 0) is 30.4 Å². The van der Waals surface area contributed by atoms with E-state index in [9.17, 15) is 0 Å². The number of benzene rings is 1. The van der Waals surface area contributed by atoms with Crippen LogP contribution < -0.4 is 5.32 Å². The minimum Gasteiger partial charge on any atom is -0.316 e. The van der Waals surface area contributed by atoms with E-state index in [1.807, 2.05) is 0 Å². The Morgan fingerprint density at radius 1 is 1.18 bits per heavy atom. The topological polar surface area (TPSA) is 12.0 Å². The molecule has 1 atom stereocenters. The lowest BCUT2D eigenvalue weighted by molar-refractivity contribution is 0.430. The summed E-state index contributed by atoms with van der Waals surface area (Å²) in [6.07, 6.45) is 7.18. The van der Waals surface area contributed by atoms with Gasteiger partial charge in [0.05, 0.1) is 0 Å². The van der Waals surface area contributed by atoms with Gasteiger partial charge in [0.25, 0.3) is 0 Å². The summed E-state index contributed by atoms with van der Waals surface area (Å²) in [7, 11) is 0. The van der Waals surface area contributed by atoms with Gasteiger partial charge in [-0.2, -0.15) is 0 Å². The van der Waals surface area contributed by atoms with Crippen LogP contribution in [0.1, 0.15) is 50.5 Å². The van der Waals surface area contributed by atoms with Gasteiger partial charge in [0.2, 0.25) is 0 Å². The fourth-order valence-corrected chi connectivity index (χ4v) is 3.03. The highest BCUT2D eigenvalue weighted by atomic mass is 14.8. The molecule has 1 aliphatic rings. The maximum absolute atomic E-state index is 3.52. The van der Waals surface area contributed by atoms with Crippen LogP contribution >= 0.6 is 0 Å². The van der Waals surface area contributed by atoms with Crippen molar-refractivity contribution in [2.75, 3.05) is 13.1 Å². The standard InChI is InChI=1S/C16H25N/c1-2-17-13-16(12-14-8-6-7-9-14)15-10-4-3-5-11-15/h3-5,10-11,14,16-17H,2,6-9,12-13H2,1H3. The Labute approximate surface area is 106 Å². The Balaban J connectivity index is 1.97. The normalized spacial score (nSPS) is 18.4. The molecule has 0 aromatic heterocycles. The molecule has 0 heterocycles. The largest absolute Gasteiger partial charge is 0.316 e. The SMILES string of the molecule is CCNCC(CC1CCCC1)c1ccccc1. The van der Waals surface area contributed by atoms with Crippen LogP contribution in [0.4, 0.5) is 0 Å². The van der Waals surface area contributed by atoms with E-state index in [2.05, 4.69) is 42.6 Å². The molecule has 0 amide bonds. The first-order chi connectivity index (χ1) is 8.40.